The molecule has 1 aliphatic carbocycles. The number of alkyl carbamates (subject to hydrolysis) is 1. The largest absolute Gasteiger partial charge is 0.497 e. The molecule has 1 aliphatic rings. The van der Waals surface area contributed by atoms with Gasteiger partial charge in [-0.1, -0.05) is 25.0 Å². The number of ether oxygens (including phenoxy) is 3. The second kappa shape index (κ2) is 11.0. The first-order valence-corrected chi connectivity index (χ1v) is 10.3. The van der Waals surface area contributed by atoms with Crippen molar-refractivity contribution in [2.24, 2.45) is 0 Å². The van der Waals surface area contributed by atoms with Gasteiger partial charge in [-0.05, 0) is 64.3 Å². The zero-order valence-electron chi connectivity index (χ0n) is 18.0. The Hall–Kier alpha value is -2.28. The van der Waals surface area contributed by atoms with E-state index in [0.717, 1.165) is 24.2 Å². The summed E-state index contributed by atoms with van der Waals surface area (Å²) in [4.78, 5) is 24.8. The first-order valence-electron chi connectivity index (χ1n) is 10.3. The molecule has 0 bridgehead atoms. The molecule has 0 spiro atoms. The maximum Gasteiger partial charge on any atom is 0.408 e. The van der Waals surface area contributed by atoms with Gasteiger partial charge in [0.05, 0.1) is 7.11 Å². The number of esters is 1. The summed E-state index contributed by atoms with van der Waals surface area (Å²) in [7, 11) is 1.60. The number of rotatable bonds is 9. The zero-order valence-corrected chi connectivity index (χ0v) is 18.0. The standard InChI is InChI=1S/C22H34N2O5/c1-22(2,3)29-21(26)24-19(13-14-23-17-7-5-6-8-17)20(25)28-15-16-9-11-18(27-4)12-10-16/h9-12,17,19,23H,5-8,13-15H2,1-4H3,(H,24,26)/t19-/m0/s1. The lowest BCUT2D eigenvalue weighted by Gasteiger charge is -2.23. The van der Waals surface area contributed by atoms with Crippen molar-refractivity contribution < 1.29 is 23.8 Å². The predicted molar refractivity (Wildman–Crippen MR) is 111 cm³/mol. The van der Waals surface area contributed by atoms with E-state index in [9.17, 15) is 9.59 Å². The Labute approximate surface area is 173 Å². The van der Waals surface area contributed by atoms with Gasteiger partial charge in [-0.2, -0.15) is 0 Å². The van der Waals surface area contributed by atoms with Crippen LogP contribution in [0.1, 0.15) is 58.4 Å². The van der Waals surface area contributed by atoms with Crippen molar-refractivity contribution in [2.45, 2.75) is 77.2 Å². The van der Waals surface area contributed by atoms with Gasteiger partial charge in [0.15, 0.2) is 0 Å². The van der Waals surface area contributed by atoms with Gasteiger partial charge >= 0.3 is 12.1 Å². The van der Waals surface area contributed by atoms with Crippen molar-refractivity contribution in [3.05, 3.63) is 29.8 Å². The van der Waals surface area contributed by atoms with Crippen LogP contribution >= 0.6 is 0 Å². The van der Waals surface area contributed by atoms with Crippen molar-refractivity contribution in [1.82, 2.24) is 10.6 Å². The number of benzene rings is 1. The first kappa shape index (κ1) is 23.0. The molecule has 162 valence electrons. The summed E-state index contributed by atoms with van der Waals surface area (Å²) in [5.41, 5.74) is 0.211. The van der Waals surface area contributed by atoms with Crippen LogP contribution in [0.25, 0.3) is 0 Å². The molecule has 0 unspecified atom stereocenters. The first-order chi connectivity index (χ1) is 13.8. The molecule has 0 radical (unpaired) electrons. The van der Waals surface area contributed by atoms with Gasteiger partial charge in [0.2, 0.25) is 0 Å². The second-order valence-corrected chi connectivity index (χ2v) is 8.38. The minimum atomic E-state index is -0.767. The van der Waals surface area contributed by atoms with E-state index in [-0.39, 0.29) is 6.61 Å². The third kappa shape index (κ3) is 8.73. The molecule has 1 fully saturated rings. The van der Waals surface area contributed by atoms with Gasteiger partial charge in [0, 0.05) is 6.04 Å². The van der Waals surface area contributed by atoms with Crippen molar-refractivity contribution in [1.29, 1.82) is 0 Å². The Kier molecular flexibility index (Phi) is 8.76. The van der Waals surface area contributed by atoms with Crippen molar-refractivity contribution >= 4 is 12.1 Å². The third-order valence-electron chi connectivity index (χ3n) is 4.74. The molecule has 7 nitrogen and oxygen atoms in total. The van der Waals surface area contributed by atoms with Gasteiger partial charge in [0.1, 0.15) is 24.0 Å². The molecule has 0 aliphatic heterocycles. The fourth-order valence-corrected chi connectivity index (χ4v) is 3.24. The molecule has 0 saturated heterocycles. The van der Waals surface area contributed by atoms with Crippen LogP contribution < -0.4 is 15.4 Å². The number of nitrogens with one attached hydrogen (secondary N) is 2. The smallest absolute Gasteiger partial charge is 0.408 e. The minimum Gasteiger partial charge on any atom is -0.497 e. The number of carbonyl (C=O) groups is 2. The highest BCUT2D eigenvalue weighted by Gasteiger charge is 2.26. The summed E-state index contributed by atoms with van der Waals surface area (Å²) in [5, 5.41) is 6.12. The summed E-state index contributed by atoms with van der Waals surface area (Å²) in [6.45, 7) is 6.11. The maximum absolute atomic E-state index is 12.6. The van der Waals surface area contributed by atoms with Gasteiger partial charge in [0.25, 0.3) is 0 Å². The molecule has 1 amide bonds. The molecule has 1 atom stereocenters. The summed E-state index contributed by atoms with van der Waals surface area (Å²) in [5.74, 6) is 0.266. The lowest BCUT2D eigenvalue weighted by molar-refractivity contribution is -0.147. The van der Waals surface area contributed by atoms with Crippen LogP contribution in [-0.2, 0) is 20.9 Å². The Balaban J connectivity index is 1.89. The molecule has 1 saturated carbocycles. The zero-order chi connectivity index (χ0) is 21.3. The van der Waals surface area contributed by atoms with E-state index in [4.69, 9.17) is 14.2 Å². The second-order valence-electron chi connectivity index (χ2n) is 8.38. The summed E-state index contributed by atoms with van der Waals surface area (Å²) in [6, 6.07) is 7.02. The summed E-state index contributed by atoms with van der Waals surface area (Å²) < 4.78 is 15.9. The van der Waals surface area contributed by atoms with Gasteiger partial charge in [-0.25, -0.2) is 9.59 Å². The monoisotopic (exact) mass is 406 g/mol. The fraction of sp³-hybridized carbons (Fsp3) is 0.636. The number of amides is 1. The highest BCUT2D eigenvalue weighted by molar-refractivity contribution is 5.81. The van der Waals surface area contributed by atoms with Crippen LogP contribution in [0.2, 0.25) is 0 Å². The summed E-state index contributed by atoms with van der Waals surface area (Å²) >= 11 is 0. The molecule has 2 N–H and O–H groups in total. The quantitative estimate of drug-likeness (QED) is 0.610. The number of hydrogen-bond acceptors (Lipinski definition) is 6. The summed E-state index contributed by atoms with van der Waals surface area (Å²) in [6.07, 6.45) is 4.61. The van der Waals surface area contributed by atoms with Crippen LogP contribution in [0.4, 0.5) is 4.79 Å². The minimum absolute atomic E-state index is 0.130. The lowest BCUT2D eigenvalue weighted by atomic mass is 10.1. The topological polar surface area (TPSA) is 85.9 Å². The van der Waals surface area contributed by atoms with E-state index in [1.54, 1.807) is 27.9 Å². The van der Waals surface area contributed by atoms with E-state index in [1.165, 1.54) is 12.8 Å². The van der Waals surface area contributed by atoms with Gasteiger partial charge in [-0.15, -0.1) is 0 Å². The fourth-order valence-electron chi connectivity index (χ4n) is 3.24. The van der Waals surface area contributed by atoms with Crippen LogP contribution in [-0.4, -0.2) is 43.4 Å². The van der Waals surface area contributed by atoms with E-state index in [1.807, 2.05) is 24.3 Å². The molecule has 1 aromatic rings. The van der Waals surface area contributed by atoms with Gasteiger partial charge < -0.3 is 24.8 Å². The van der Waals surface area contributed by atoms with Crippen LogP contribution in [0, 0.1) is 0 Å². The Morgan fingerprint density at radius 3 is 2.38 bits per heavy atom. The molecular formula is C22H34N2O5. The lowest BCUT2D eigenvalue weighted by Crippen LogP contribution is -2.46. The Morgan fingerprint density at radius 2 is 1.79 bits per heavy atom. The highest BCUT2D eigenvalue weighted by atomic mass is 16.6. The SMILES string of the molecule is COc1ccc(COC(=O)[C@H](CCNC2CCCC2)NC(=O)OC(C)(C)C)cc1. The molecule has 0 aromatic heterocycles. The maximum atomic E-state index is 12.6. The molecule has 1 aromatic carbocycles. The van der Waals surface area contributed by atoms with Crippen molar-refractivity contribution in [3.63, 3.8) is 0 Å². The molecule has 7 heteroatoms. The Morgan fingerprint density at radius 1 is 1.14 bits per heavy atom. The number of methoxy groups -OCH3 is 1. The van der Waals surface area contributed by atoms with Crippen LogP contribution in [0.3, 0.4) is 0 Å². The third-order valence-corrected chi connectivity index (χ3v) is 4.74. The van der Waals surface area contributed by atoms with E-state index < -0.39 is 23.7 Å². The molecular weight excluding hydrogens is 372 g/mol. The van der Waals surface area contributed by atoms with E-state index in [2.05, 4.69) is 10.6 Å². The normalized spacial score (nSPS) is 15.6. The van der Waals surface area contributed by atoms with E-state index in [0.29, 0.717) is 19.0 Å². The number of hydrogen-bond donors (Lipinski definition) is 2. The highest BCUT2D eigenvalue weighted by Crippen LogP contribution is 2.18. The molecule has 0 heterocycles. The van der Waals surface area contributed by atoms with Crippen molar-refractivity contribution in [3.8, 4) is 5.75 Å². The van der Waals surface area contributed by atoms with E-state index >= 15 is 0 Å². The number of carbonyl (C=O) groups excluding carboxylic acids is 2. The average Bonchev–Trinajstić information content (AvgIpc) is 3.17. The predicted octanol–water partition coefficient (Wildman–Crippen LogP) is 3.55. The van der Waals surface area contributed by atoms with Crippen molar-refractivity contribution in [2.75, 3.05) is 13.7 Å². The average molecular weight is 407 g/mol. The molecule has 29 heavy (non-hydrogen) atoms. The molecule has 2 rings (SSSR count). The van der Waals surface area contributed by atoms with Crippen LogP contribution in [0.15, 0.2) is 24.3 Å². The van der Waals surface area contributed by atoms with Crippen LogP contribution in [0.5, 0.6) is 5.75 Å². The Bertz CT molecular complexity index is 648. The van der Waals surface area contributed by atoms with Gasteiger partial charge in [-0.3, -0.25) is 0 Å².